The molecule has 1 amide bonds. The van der Waals surface area contributed by atoms with Gasteiger partial charge in [-0.3, -0.25) is 14.5 Å². The molecule has 1 aliphatic heterocycles. The molecule has 4 rings (SSSR count). The number of carbonyl (C=O) groups excluding carboxylic acids is 2. The van der Waals surface area contributed by atoms with E-state index in [4.69, 9.17) is 44.3 Å². The lowest BCUT2D eigenvalue weighted by Crippen LogP contribution is -2.28. The van der Waals surface area contributed by atoms with Gasteiger partial charge in [-0.25, -0.2) is 0 Å². The lowest BCUT2D eigenvalue weighted by atomic mass is 10.1. The first kappa shape index (κ1) is 24.4. The van der Waals surface area contributed by atoms with Crippen LogP contribution in [0.4, 0.5) is 5.69 Å². The Morgan fingerprint density at radius 1 is 1.03 bits per heavy atom. The van der Waals surface area contributed by atoms with E-state index in [1.165, 1.54) is 0 Å². The molecule has 0 aromatic heterocycles. The van der Waals surface area contributed by atoms with Gasteiger partial charge >= 0.3 is 5.97 Å². The van der Waals surface area contributed by atoms with Gasteiger partial charge in [0.25, 0.3) is 5.91 Å². The molecule has 0 aliphatic carbocycles. The summed E-state index contributed by atoms with van der Waals surface area (Å²) in [7, 11) is 0. The number of hydrogen-bond donors (Lipinski definition) is 1. The van der Waals surface area contributed by atoms with Gasteiger partial charge in [0.2, 0.25) is 0 Å². The van der Waals surface area contributed by atoms with Crippen LogP contribution < -0.4 is 9.64 Å². The van der Waals surface area contributed by atoms with Crippen LogP contribution in [0.2, 0.25) is 15.1 Å². The van der Waals surface area contributed by atoms with E-state index in [9.17, 15) is 14.7 Å². The first-order chi connectivity index (χ1) is 16.3. The van der Waals surface area contributed by atoms with Gasteiger partial charge < -0.3 is 14.6 Å². The summed E-state index contributed by atoms with van der Waals surface area (Å²) in [6.07, 6.45) is -1.33. The number of ether oxygens (including phenoxy) is 2. The second kappa shape index (κ2) is 10.2. The smallest absolute Gasteiger partial charge is 0.310 e. The molecule has 0 spiro atoms. The fourth-order valence-electron chi connectivity index (χ4n) is 3.80. The predicted octanol–water partition coefficient (Wildman–Crippen LogP) is 5.98. The highest BCUT2D eigenvalue weighted by Crippen LogP contribution is 2.45. The lowest BCUT2D eigenvalue weighted by molar-refractivity contribution is -0.142. The monoisotopic (exact) mass is 519 g/mol. The van der Waals surface area contributed by atoms with Crippen molar-refractivity contribution >= 4 is 52.4 Å². The Morgan fingerprint density at radius 2 is 1.82 bits per heavy atom. The van der Waals surface area contributed by atoms with E-state index in [0.717, 1.165) is 10.5 Å². The Hall–Kier alpha value is -2.77. The molecular weight excluding hydrogens is 501 g/mol. The van der Waals surface area contributed by atoms with Crippen LogP contribution in [0.25, 0.3) is 0 Å². The van der Waals surface area contributed by atoms with Crippen molar-refractivity contribution in [2.75, 3.05) is 11.5 Å². The van der Waals surface area contributed by atoms with Gasteiger partial charge in [-0.15, -0.1) is 0 Å². The minimum Gasteiger partial charge on any atom is -0.488 e. The minimum atomic E-state index is -1.37. The van der Waals surface area contributed by atoms with E-state index in [1.807, 2.05) is 6.07 Å². The number of aliphatic hydroxyl groups is 1. The van der Waals surface area contributed by atoms with E-state index in [-0.39, 0.29) is 52.5 Å². The Morgan fingerprint density at radius 3 is 2.53 bits per heavy atom. The fourth-order valence-corrected chi connectivity index (χ4v) is 4.55. The highest BCUT2D eigenvalue weighted by molar-refractivity contribution is 6.37. The molecule has 1 heterocycles. The predicted molar refractivity (Wildman–Crippen MR) is 131 cm³/mol. The lowest BCUT2D eigenvalue weighted by Gasteiger charge is -2.23. The summed E-state index contributed by atoms with van der Waals surface area (Å²) in [6.45, 7) is 2.18. The number of carbonyl (C=O) groups is 2. The van der Waals surface area contributed by atoms with Crippen molar-refractivity contribution in [1.29, 1.82) is 0 Å². The van der Waals surface area contributed by atoms with Crippen molar-refractivity contribution in [2.24, 2.45) is 0 Å². The third-order valence-corrected chi connectivity index (χ3v) is 6.15. The number of esters is 1. The molecule has 6 nitrogen and oxygen atoms in total. The van der Waals surface area contributed by atoms with Crippen LogP contribution >= 0.6 is 34.8 Å². The zero-order valence-electron chi connectivity index (χ0n) is 18.1. The van der Waals surface area contributed by atoms with Crippen molar-refractivity contribution in [1.82, 2.24) is 0 Å². The van der Waals surface area contributed by atoms with Crippen molar-refractivity contribution in [2.45, 2.75) is 26.2 Å². The van der Waals surface area contributed by atoms with Gasteiger partial charge in [-0.2, -0.15) is 0 Å². The molecule has 34 heavy (non-hydrogen) atoms. The second-order valence-electron chi connectivity index (χ2n) is 7.57. The minimum absolute atomic E-state index is 0.0396. The topological polar surface area (TPSA) is 76.1 Å². The average Bonchev–Trinajstić information content (AvgIpc) is 3.05. The van der Waals surface area contributed by atoms with Crippen molar-refractivity contribution in [3.8, 4) is 5.75 Å². The normalized spacial score (nSPS) is 14.8. The molecule has 0 fully saturated rings. The summed E-state index contributed by atoms with van der Waals surface area (Å²) in [5.74, 6) is -0.581. The van der Waals surface area contributed by atoms with Crippen LogP contribution in [0.1, 0.15) is 40.2 Å². The van der Waals surface area contributed by atoms with Crippen LogP contribution in [0.3, 0.4) is 0 Å². The summed E-state index contributed by atoms with van der Waals surface area (Å²) in [5, 5.41) is 12.1. The summed E-state index contributed by atoms with van der Waals surface area (Å²) in [5.41, 5.74) is 2.12. The molecule has 0 bridgehead atoms. The van der Waals surface area contributed by atoms with E-state index in [1.54, 1.807) is 55.5 Å². The maximum Gasteiger partial charge on any atom is 0.310 e. The molecule has 176 valence electrons. The standard InChI is InChI=1S/C25H20Cl3NO5/c1-2-33-21(30)12-14-6-8-19(18(28)11-14)29-24(31)22-17(27)7-9-20(23(22)25(29)32)34-13-15-4-3-5-16(26)10-15/h3-11,25,32H,2,12-13H2,1H3. The zero-order valence-corrected chi connectivity index (χ0v) is 20.3. The number of nitrogens with zero attached hydrogens (tertiary/aromatic N) is 1. The fraction of sp³-hybridized carbons (Fsp3) is 0.200. The Labute approximate surface area is 211 Å². The van der Waals surface area contributed by atoms with Crippen molar-refractivity contribution in [3.05, 3.63) is 91.9 Å². The number of aliphatic hydroxyl groups excluding tert-OH is 1. The van der Waals surface area contributed by atoms with Crippen LogP contribution in [0.15, 0.2) is 54.6 Å². The van der Waals surface area contributed by atoms with E-state index in [0.29, 0.717) is 16.3 Å². The molecule has 0 radical (unpaired) electrons. The molecule has 1 N–H and O–H groups in total. The molecule has 1 atom stereocenters. The highest BCUT2D eigenvalue weighted by atomic mass is 35.5. The highest BCUT2D eigenvalue weighted by Gasteiger charge is 2.41. The van der Waals surface area contributed by atoms with E-state index in [2.05, 4.69) is 0 Å². The molecule has 1 aliphatic rings. The van der Waals surface area contributed by atoms with Crippen LogP contribution in [-0.2, 0) is 22.6 Å². The molecular formula is C25H20Cl3NO5. The molecule has 0 saturated heterocycles. The summed E-state index contributed by atoms with van der Waals surface area (Å²) in [4.78, 5) is 26.2. The number of fused-ring (bicyclic) bond motifs is 1. The number of rotatable bonds is 7. The number of benzene rings is 3. The maximum absolute atomic E-state index is 13.3. The third kappa shape index (κ3) is 4.86. The quantitative estimate of drug-likeness (QED) is 0.388. The van der Waals surface area contributed by atoms with Crippen LogP contribution in [0, 0.1) is 0 Å². The molecule has 0 saturated carbocycles. The van der Waals surface area contributed by atoms with Crippen LogP contribution in [0.5, 0.6) is 5.75 Å². The SMILES string of the molecule is CCOC(=O)Cc1ccc(N2C(=O)c3c(Cl)ccc(OCc4cccc(Cl)c4)c3C2O)c(Cl)c1. The molecule has 9 heteroatoms. The van der Waals surface area contributed by atoms with E-state index < -0.39 is 12.1 Å². The number of anilines is 1. The Kier molecular flexibility index (Phi) is 7.33. The van der Waals surface area contributed by atoms with Crippen LogP contribution in [-0.4, -0.2) is 23.6 Å². The summed E-state index contributed by atoms with van der Waals surface area (Å²) < 4.78 is 10.9. The molecule has 3 aromatic rings. The molecule has 3 aromatic carbocycles. The summed E-state index contributed by atoms with van der Waals surface area (Å²) in [6, 6.07) is 15.1. The largest absolute Gasteiger partial charge is 0.488 e. The summed E-state index contributed by atoms with van der Waals surface area (Å²) >= 11 is 18.8. The van der Waals surface area contributed by atoms with Crippen molar-refractivity contribution < 1.29 is 24.2 Å². The second-order valence-corrected chi connectivity index (χ2v) is 8.82. The third-order valence-electron chi connectivity index (χ3n) is 5.30. The maximum atomic E-state index is 13.3. The number of hydrogen-bond acceptors (Lipinski definition) is 5. The first-order valence-corrected chi connectivity index (χ1v) is 11.6. The Bertz CT molecular complexity index is 1260. The van der Waals surface area contributed by atoms with Gasteiger partial charge in [-0.1, -0.05) is 53.0 Å². The van der Waals surface area contributed by atoms with Crippen molar-refractivity contribution in [3.63, 3.8) is 0 Å². The van der Waals surface area contributed by atoms with Gasteiger partial charge in [0.1, 0.15) is 12.4 Å². The van der Waals surface area contributed by atoms with Gasteiger partial charge in [0.15, 0.2) is 6.23 Å². The Balaban J connectivity index is 1.63. The number of amides is 1. The molecule has 1 unspecified atom stereocenters. The average molecular weight is 521 g/mol. The van der Waals surface area contributed by atoms with Gasteiger partial charge in [0, 0.05) is 5.02 Å². The first-order valence-electron chi connectivity index (χ1n) is 10.5. The van der Waals surface area contributed by atoms with Gasteiger partial charge in [-0.05, 0) is 54.4 Å². The van der Waals surface area contributed by atoms with Gasteiger partial charge in [0.05, 0.1) is 39.9 Å². The number of halogens is 3. The van der Waals surface area contributed by atoms with E-state index >= 15 is 0 Å². The zero-order chi connectivity index (χ0) is 24.4.